The van der Waals surface area contributed by atoms with Gasteiger partial charge in [0, 0.05) is 12.1 Å². The molecule has 0 amide bonds. The number of rotatable bonds is 3. The van der Waals surface area contributed by atoms with Crippen LogP contribution in [-0.2, 0) is 0 Å². The van der Waals surface area contributed by atoms with Crippen LogP contribution in [-0.4, -0.2) is 16.0 Å². The highest BCUT2D eigenvalue weighted by Crippen LogP contribution is 1.98. The summed E-state index contributed by atoms with van der Waals surface area (Å²) in [5.74, 6) is 0.561. The number of hydrogen-bond donors (Lipinski definition) is 2. The Hall–Kier alpha value is -1.58. The number of aromatic nitrogens is 2. The first-order valence-corrected chi connectivity index (χ1v) is 3.66. The summed E-state index contributed by atoms with van der Waals surface area (Å²) in [6.07, 6.45) is 3.10. The van der Waals surface area contributed by atoms with Crippen LogP contribution in [0.5, 0.6) is 0 Å². The minimum Gasteiger partial charge on any atom is -0.364 e. The van der Waals surface area contributed by atoms with Gasteiger partial charge in [-0.2, -0.15) is 0 Å². The van der Waals surface area contributed by atoms with Gasteiger partial charge in [-0.1, -0.05) is 6.08 Å². The highest BCUT2D eigenvalue weighted by Gasteiger charge is 1.96. The standard InChI is InChI=1S/C8H11N3O/c1-3-6(2)11-7-4-8(12)10-5-9-7/h3-6H,1H2,2H3,(H2,9,10,11,12). The van der Waals surface area contributed by atoms with Gasteiger partial charge in [-0.05, 0) is 6.92 Å². The molecule has 1 rings (SSSR count). The molecule has 0 radical (unpaired) electrons. The van der Waals surface area contributed by atoms with Crippen molar-refractivity contribution in [1.82, 2.24) is 9.97 Å². The highest BCUT2D eigenvalue weighted by atomic mass is 16.1. The summed E-state index contributed by atoms with van der Waals surface area (Å²) in [4.78, 5) is 17.1. The summed E-state index contributed by atoms with van der Waals surface area (Å²) in [6, 6.07) is 1.51. The second kappa shape index (κ2) is 3.71. The summed E-state index contributed by atoms with van der Waals surface area (Å²) in [6.45, 7) is 5.53. The predicted octanol–water partition coefficient (Wildman–Crippen LogP) is 0.756. The molecule has 0 aromatic carbocycles. The van der Waals surface area contributed by atoms with E-state index in [1.54, 1.807) is 6.08 Å². The molecule has 0 aliphatic rings. The topological polar surface area (TPSA) is 57.8 Å². The fraction of sp³-hybridized carbons (Fsp3) is 0.250. The van der Waals surface area contributed by atoms with Crippen molar-refractivity contribution in [2.45, 2.75) is 13.0 Å². The Morgan fingerprint density at radius 3 is 3.17 bits per heavy atom. The van der Waals surface area contributed by atoms with Crippen molar-refractivity contribution >= 4 is 5.82 Å². The lowest BCUT2D eigenvalue weighted by molar-refractivity contribution is 0.971. The Kier molecular flexibility index (Phi) is 2.63. The molecule has 1 aromatic heterocycles. The largest absolute Gasteiger partial charge is 0.364 e. The number of anilines is 1. The normalized spacial score (nSPS) is 12.1. The number of aromatic amines is 1. The molecule has 0 saturated carbocycles. The molecule has 1 aromatic rings. The van der Waals surface area contributed by atoms with Gasteiger partial charge < -0.3 is 10.3 Å². The van der Waals surface area contributed by atoms with Gasteiger partial charge in [0.2, 0.25) is 0 Å². The first kappa shape index (κ1) is 8.52. The van der Waals surface area contributed by atoms with Gasteiger partial charge in [0.25, 0.3) is 5.56 Å². The number of H-pyrrole nitrogens is 1. The van der Waals surface area contributed by atoms with Crippen molar-refractivity contribution in [2.24, 2.45) is 0 Å². The average Bonchev–Trinajstić information content (AvgIpc) is 2.04. The van der Waals surface area contributed by atoms with E-state index in [9.17, 15) is 4.79 Å². The Balaban J connectivity index is 2.76. The van der Waals surface area contributed by atoms with Crippen molar-refractivity contribution in [3.8, 4) is 0 Å². The van der Waals surface area contributed by atoms with Gasteiger partial charge >= 0.3 is 0 Å². The molecule has 0 fully saturated rings. The second-order valence-electron chi connectivity index (χ2n) is 2.47. The molecular formula is C8H11N3O. The van der Waals surface area contributed by atoms with Crippen LogP contribution < -0.4 is 10.9 Å². The zero-order valence-electron chi connectivity index (χ0n) is 6.87. The van der Waals surface area contributed by atoms with Gasteiger partial charge in [-0.3, -0.25) is 4.79 Å². The van der Waals surface area contributed by atoms with Crippen LogP contribution in [0.4, 0.5) is 5.82 Å². The molecule has 0 saturated heterocycles. The lowest BCUT2D eigenvalue weighted by Gasteiger charge is -2.07. The molecule has 12 heavy (non-hydrogen) atoms. The fourth-order valence-electron chi connectivity index (χ4n) is 0.740. The molecule has 0 spiro atoms. The van der Waals surface area contributed by atoms with E-state index in [1.165, 1.54) is 12.4 Å². The number of hydrogen-bond acceptors (Lipinski definition) is 3. The molecule has 0 aliphatic heterocycles. The zero-order chi connectivity index (χ0) is 8.97. The van der Waals surface area contributed by atoms with Crippen LogP contribution in [0.15, 0.2) is 29.8 Å². The first-order chi connectivity index (χ1) is 5.72. The van der Waals surface area contributed by atoms with Crippen molar-refractivity contribution in [3.63, 3.8) is 0 Å². The maximum absolute atomic E-state index is 10.8. The van der Waals surface area contributed by atoms with E-state index < -0.39 is 0 Å². The van der Waals surface area contributed by atoms with Gasteiger partial charge in [0.15, 0.2) is 0 Å². The molecule has 1 atom stereocenters. The van der Waals surface area contributed by atoms with Crippen molar-refractivity contribution in [1.29, 1.82) is 0 Å². The molecule has 0 bridgehead atoms. The average molecular weight is 165 g/mol. The van der Waals surface area contributed by atoms with Crippen molar-refractivity contribution < 1.29 is 0 Å². The molecule has 2 N–H and O–H groups in total. The highest BCUT2D eigenvalue weighted by molar-refractivity contribution is 5.33. The van der Waals surface area contributed by atoms with E-state index in [1.807, 2.05) is 6.92 Å². The summed E-state index contributed by atoms with van der Waals surface area (Å²) < 4.78 is 0. The summed E-state index contributed by atoms with van der Waals surface area (Å²) in [5, 5.41) is 2.98. The third-order valence-corrected chi connectivity index (χ3v) is 1.41. The van der Waals surface area contributed by atoms with Crippen LogP contribution in [0.3, 0.4) is 0 Å². The molecule has 4 heteroatoms. The first-order valence-electron chi connectivity index (χ1n) is 3.66. The molecule has 0 aliphatic carbocycles. The molecule has 4 nitrogen and oxygen atoms in total. The van der Waals surface area contributed by atoms with Gasteiger partial charge in [0.1, 0.15) is 5.82 Å². The predicted molar refractivity (Wildman–Crippen MR) is 48.1 cm³/mol. The number of nitrogens with zero attached hydrogens (tertiary/aromatic N) is 1. The third-order valence-electron chi connectivity index (χ3n) is 1.41. The molecule has 64 valence electrons. The third kappa shape index (κ3) is 2.23. The Morgan fingerprint density at radius 1 is 1.83 bits per heavy atom. The van der Waals surface area contributed by atoms with Crippen LogP contribution in [0, 0.1) is 0 Å². The molecular weight excluding hydrogens is 154 g/mol. The minimum atomic E-state index is -0.163. The van der Waals surface area contributed by atoms with Crippen LogP contribution >= 0.6 is 0 Å². The Bertz CT molecular complexity index is 318. The fourth-order valence-corrected chi connectivity index (χ4v) is 0.740. The van der Waals surface area contributed by atoms with E-state index in [0.717, 1.165) is 0 Å². The van der Waals surface area contributed by atoms with Crippen LogP contribution in [0.1, 0.15) is 6.92 Å². The Morgan fingerprint density at radius 2 is 2.58 bits per heavy atom. The lowest BCUT2D eigenvalue weighted by Crippen LogP contribution is -2.15. The smallest absolute Gasteiger partial charge is 0.252 e. The summed E-state index contributed by atoms with van der Waals surface area (Å²) >= 11 is 0. The maximum atomic E-state index is 10.8. The van der Waals surface area contributed by atoms with E-state index in [-0.39, 0.29) is 11.6 Å². The van der Waals surface area contributed by atoms with Gasteiger partial charge in [0.05, 0.1) is 6.33 Å². The Labute approximate surface area is 70.4 Å². The van der Waals surface area contributed by atoms with Gasteiger partial charge in [-0.25, -0.2) is 4.98 Å². The van der Waals surface area contributed by atoms with Crippen molar-refractivity contribution in [2.75, 3.05) is 5.32 Å². The van der Waals surface area contributed by atoms with Crippen LogP contribution in [0.2, 0.25) is 0 Å². The molecule has 1 heterocycles. The second-order valence-corrected chi connectivity index (χ2v) is 2.47. The van der Waals surface area contributed by atoms with E-state index in [0.29, 0.717) is 5.82 Å². The summed E-state index contributed by atoms with van der Waals surface area (Å²) in [5.41, 5.74) is -0.163. The minimum absolute atomic E-state index is 0.110. The quantitative estimate of drug-likeness (QED) is 0.650. The number of nitrogens with one attached hydrogen (secondary N) is 2. The van der Waals surface area contributed by atoms with Crippen molar-refractivity contribution in [3.05, 3.63) is 35.4 Å². The molecule has 1 unspecified atom stereocenters. The van der Waals surface area contributed by atoms with E-state index in [4.69, 9.17) is 0 Å². The summed E-state index contributed by atoms with van der Waals surface area (Å²) in [7, 11) is 0. The van der Waals surface area contributed by atoms with Gasteiger partial charge in [-0.15, -0.1) is 6.58 Å². The zero-order valence-corrected chi connectivity index (χ0v) is 6.87. The lowest BCUT2D eigenvalue weighted by atomic mass is 10.3. The van der Waals surface area contributed by atoms with E-state index >= 15 is 0 Å². The maximum Gasteiger partial charge on any atom is 0.252 e. The SMILES string of the molecule is C=CC(C)Nc1cc(=O)[nH]cn1. The monoisotopic (exact) mass is 165 g/mol. The van der Waals surface area contributed by atoms with E-state index in [2.05, 4.69) is 21.9 Å². The van der Waals surface area contributed by atoms with Crippen LogP contribution in [0.25, 0.3) is 0 Å².